The van der Waals surface area contributed by atoms with E-state index in [0.717, 1.165) is 50.9 Å². The summed E-state index contributed by atoms with van der Waals surface area (Å²) in [5, 5.41) is 2.61. The minimum Gasteiger partial charge on any atom is -0.489 e. The fourth-order valence-corrected chi connectivity index (χ4v) is 5.51. The van der Waals surface area contributed by atoms with Crippen molar-refractivity contribution in [2.45, 2.75) is 20.5 Å². The van der Waals surface area contributed by atoms with Gasteiger partial charge >= 0.3 is 0 Å². The van der Waals surface area contributed by atoms with E-state index in [0.29, 0.717) is 17.4 Å². The predicted molar refractivity (Wildman–Crippen MR) is 159 cm³/mol. The Morgan fingerprint density at radius 2 is 1.78 bits per heavy atom. The highest BCUT2D eigenvalue weighted by atomic mass is 35.5. The number of nitrogens with one attached hydrogen (secondary N) is 1. The van der Waals surface area contributed by atoms with Gasteiger partial charge in [-0.25, -0.2) is 4.39 Å². The van der Waals surface area contributed by atoms with E-state index in [1.165, 1.54) is 18.2 Å². The molecule has 3 aromatic carbocycles. The number of nitrogens with zero attached hydrogens (tertiary/aromatic N) is 2. The van der Waals surface area contributed by atoms with Gasteiger partial charge in [0.1, 0.15) is 24.7 Å². The second-order valence-electron chi connectivity index (χ2n) is 9.36. The summed E-state index contributed by atoms with van der Waals surface area (Å²) in [6.45, 7) is 3.76. The molecule has 1 aromatic heterocycles. The van der Waals surface area contributed by atoms with Crippen LogP contribution in [-0.2, 0) is 16.2 Å². The van der Waals surface area contributed by atoms with Gasteiger partial charge in [0, 0.05) is 33.3 Å². The number of rotatable bonds is 8. The fourth-order valence-electron chi connectivity index (χ4n) is 4.49. The Morgan fingerprint density at radius 3 is 2.51 bits per heavy atom. The number of imide groups is 1. The lowest BCUT2D eigenvalue weighted by Crippen LogP contribution is -2.36. The van der Waals surface area contributed by atoms with Gasteiger partial charge in [-0.1, -0.05) is 35.9 Å². The van der Waals surface area contributed by atoms with Crippen LogP contribution in [0.25, 0.3) is 11.8 Å². The zero-order chi connectivity index (χ0) is 29.1. The third-order valence-electron chi connectivity index (χ3n) is 6.49. The second-order valence-corrected chi connectivity index (χ2v) is 10.8. The molecule has 1 aliphatic rings. The van der Waals surface area contributed by atoms with Gasteiger partial charge in [0.2, 0.25) is 5.91 Å². The molecule has 0 saturated carbocycles. The van der Waals surface area contributed by atoms with E-state index in [2.05, 4.69) is 5.32 Å². The Morgan fingerprint density at radius 1 is 1.02 bits per heavy atom. The molecule has 0 unspecified atom stereocenters. The van der Waals surface area contributed by atoms with E-state index < -0.39 is 29.4 Å². The number of hydrogen-bond acceptors (Lipinski definition) is 5. The smallest absolute Gasteiger partial charge is 0.294 e. The summed E-state index contributed by atoms with van der Waals surface area (Å²) in [6.07, 6.45) is 1.66. The quantitative estimate of drug-likeness (QED) is 0.221. The molecule has 0 bridgehead atoms. The average Bonchev–Trinajstić information content (AvgIpc) is 3.37. The van der Waals surface area contributed by atoms with Crippen molar-refractivity contribution in [2.24, 2.45) is 0 Å². The van der Waals surface area contributed by atoms with Gasteiger partial charge in [0.15, 0.2) is 0 Å². The number of carbonyl (C=O) groups is 3. The standard InChI is InChI=1S/C31H25ClFN3O4S/c1-19-14-22(15-28-30(38)35(31(39)41-28)17-29(37)34-24-8-5-7-23(33)16-24)20(2)36(19)25-10-12-26(13-11-25)40-18-21-6-3-4-9-27(21)32/h3-16H,17-18H2,1-2H3,(H,34,37)/b28-15+. The molecule has 5 rings (SSSR count). The molecule has 208 valence electrons. The molecule has 10 heteroatoms. The molecule has 41 heavy (non-hydrogen) atoms. The van der Waals surface area contributed by atoms with E-state index in [-0.39, 0.29) is 10.6 Å². The SMILES string of the molecule is Cc1cc(/C=C2/SC(=O)N(CC(=O)Nc3cccc(F)c3)C2=O)c(C)n1-c1ccc(OCc2ccccc2Cl)cc1. The van der Waals surface area contributed by atoms with Crippen LogP contribution in [-0.4, -0.2) is 33.1 Å². The maximum Gasteiger partial charge on any atom is 0.294 e. The van der Waals surface area contributed by atoms with Crippen LogP contribution in [0.5, 0.6) is 5.75 Å². The van der Waals surface area contributed by atoms with E-state index in [4.69, 9.17) is 16.3 Å². The summed E-state index contributed by atoms with van der Waals surface area (Å²) < 4.78 is 21.3. The summed E-state index contributed by atoms with van der Waals surface area (Å²) >= 11 is 6.99. The lowest BCUT2D eigenvalue weighted by atomic mass is 10.2. The van der Waals surface area contributed by atoms with Gasteiger partial charge < -0.3 is 14.6 Å². The van der Waals surface area contributed by atoms with Crippen LogP contribution in [0.15, 0.2) is 83.8 Å². The molecule has 1 saturated heterocycles. The summed E-state index contributed by atoms with van der Waals surface area (Å²) in [5.74, 6) is -0.963. The Bertz CT molecular complexity index is 1680. The van der Waals surface area contributed by atoms with Gasteiger partial charge in [-0.05, 0) is 91.8 Å². The predicted octanol–water partition coefficient (Wildman–Crippen LogP) is 7.14. The summed E-state index contributed by atoms with van der Waals surface area (Å²) in [6, 6.07) is 22.5. The van der Waals surface area contributed by atoms with Crippen LogP contribution in [0, 0.1) is 19.7 Å². The summed E-state index contributed by atoms with van der Waals surface area (Å²) in [5.41, 5.74) is 4.64. The molecular weight excluding hydrogens is 565 g/mol. The Labute approximate surface area is 245 Å². The molecule has 4 aromatic rings. The monoisotopic (exact) mass is 589 g/mol. The molecule has 7 nitrogen and oxygen atoms in total. The maximum absolute atomic E-state index is 13.4. The van der Waals surface area contributed by atoms with Crippen molar-refractivity contribution in [1.82, 2.24) is 9.47 Å². The lowest BCUT2D eigenvalue weighted by Gasteiger charge is -2.12. The first-order chi connectivity index (χ1) is 19.7. The van der Waals surface area contributed by atoms with Crippen LogP contribution >= 0.6 is 23.4 Å². The number of aromatic nitrogens is 1. The zero-order valence-corrected chi connectivity index (χ0v) is 23.8. The Hall–Kier alpha value is -4.34. The molecule has 1 aliphatic heterocycles. The molecule has 0 spiro atoms. The van der Waals surface area contributed by atoms with Crippen LogP contribution < -0.4 is 10.1 Å². The van der Waals surface area contributed by atoms with Crippen LogP contribution in [0.1, 0.15) is 22.5 Å². The molecule has 2 heterocycles. The highest BCUT2D eigenvalue weighted by Crippen LogP contribution is 2.34. The molecule has 1 N–H and O–H groups in total. The van der Waals surface area contributed by atoms with Crippen LogP contribution in [0.3, 0.4) is 0 Å². The highest BCUT2D eigenvalue weighted by Gasteiger charge is 2.36. The van der Waals surface area contributed by atoms with Crippen LogP contribution in [0.4, 0.5) is 14.9 Å². The Balaban J connectivity index is 1.28. The number of anilines is 1. The van der Waals surface area contributed by atoms with Crippen molar-refractivity contribution in [2.75, 3.05) is 11.9 Å². The van der Waals surface area contributed by atoms with E-state index in [1.807, 2.05) is 73.0 Å². The molecule has 0 radical (unpaired) electrons. The number of aryl methyl sites for hydroxylation is 1. The largest absolute Gasteiger partial charge is 0.489 e. The van der Waals surface area contributed by atoms with E-state index >= 15 is 0 Å². The van der Waals surface area contributed by atoms with Gasteiger partial charge in [-0.3, -0.25) is 19.3 Å². The fraction of sp³-hybridized carbons (Fsp3) is 0.129. The number of ether oxygens (including phenoxy) is 1. The minimum atomic E-state index is -0.600. The van der Waals surface area contributed by atoms with Gasteiger partial charge in [0.25, 0.3) is 11.1 Å². The van der Waals surface area contributed by atoms with Crippen LogP contribution in [0.2, 0.25) is 5.02 Å². The number of carbonyl (C=O) groups excluding carboxylic acids is 3. The zero-order valence-electron chi connectivity index (χ0n) is 22.2. The van der Waals surface area contributed by atoms with Gasteiger partial charge in [-0.15, -0.1) is 0 Å². The molecule has 0 aliphatic carbocycles. The van der Waals surface area contributed by atoms with Gasteiger partial charge in [0.05, 0.1) is 4.91 Å². The Kier molecular flexibility index (Phi) is 8.28. The van der Waals surface area contributed by atoms with Crippen molar-refractivity contribution in [3.63, 3.8) is 0 Å². The van der Waals surface area contributed by atoms with E-state index in [9.17, 15) is 18.8 Å². The number of thioether (sulfide) groups is 1. The summed E-state index contributed by atoms with van der Waals surface area (Å²) in [7, 11) is 0. The third-order valence-corrected chi connectivity index (χ3v) is 7.76. The number of halogens is 2. The third kappa shape index (κ3) is 6.37. The van der Waals surface area contributed by atoms with Crippen molar-refractivity contribution in [3.05, 3.63) is 117 Å². The maximum atomic E-state index is 13.4. The van der Waals surface area contributed by atoms with E-state index in [1.54, 1.807) is 6.08 Å². The minimum absolute atomic E-state index is 0.220. The van der Waals surface area contributed by atoms with Crippen molar-refractivity contribution in [1.29, 1.82) is 0 Å². The number of benzene rings is 3. The van der Waals surface area contributed by atoms with Gasteiger partial charge in [-0.2, -0.15) is 0 Å². The number of amides is 3. The van der Waals surface area contributed by atoms with Crippen molar-refractivity contribution >= 4 is 52.2 Å². The van der Waals surface area contributed by atoms with Crippen molar-refractivity contribution in [3.8, 4) is 11.4 Å². The second kappa shape index (κ2) is 12.0. The first-order valence-electron chi connectivity index (χ1n) is 12.7. The molecule has 3 amide bonds. The normalized spacial score (nSPS) is 14.1. The molecule has 0 atom stereocenters. The first kappa shape index (κ1) is 28.2. The molecule has 1 fully saturated rings. The molecular formula is C31H25ClFN3O4S. The average molecular weight is 590 g/mol. The highest BCUT2D eigenvalue weighted by molar-refractivity contribution is 8.18. The first-order valence-corrected chi connectivity index (χ1v) is 13.9. The topological polar surface area (TPSA) is 80.6 Å². The van der Waals surface area contributed by atoms with Crippen molar-refractivity contribution < 1.29 is 23.5 Å². The summed E-state index contributed by atoms with van der Waals surface area (Å²) in [4.78, 5) is 39.1. The lowest BCUT2D eigenvalue weighted by molar-refractivity contribution is -0.127. The number of hydrogen-bond donors (Lipinski definition) is 1.